The minimum Gasteiger partial charge on any atom is -0.483 e. The molecule has 2 rings (SSSR count). The van der Waals surface area contributed by atoms with Crippen molar-refractivity contribution in [3.05, 3.63) is 29.8 Å². The molecule has 0 atom stereocenters. The lowest BCUT2D eigenvalue weighted by atomic mass is 9.82. The van der Waals surface area contributed by atoms with Crippen molar-refractivity contribution >= 4 is 23.1 Å². The van der Waals surface area contributed by atoms with Gasteiger partial charge in [0.15, 0.2) is 6.61 Å². The molecule has 0 spiro atoms. The Kier molecular flexibility index (Phi) is 5.14. The van der Waals surface area contributed by atoms with Crippen molar-refractivity contribution < 1.29 is 14.6 Å². The number of aliphatic hydroxyl groups is 1. The minimum absolute atomic E-state index is 0.0502. The van der Waals surface area contributed by atoms with Crippen LogP contribution in [0, 0.1) is 5.92 Å². The highest BCUT2D eigenvalue weighted by atomic mass is 32.1. The topological polar surface area (TPSA) is 75.8 Å². The first-order chi connectivity index (χ1) is 9.97. The molecule has 0 bridgehead atoms. The molecule has 1 saturated carbocycles. The lowest BCUT2D eigenvalue weighted by molar-refractivity contribution is -0.133. The number of nitrogens with zero attached hydrogens (tertiary/aromatic N) is 1. The maximum absolute atomic E-state index is 12.0. The number of ether oxygens (including phenoxy) is 1. The van der Waals surface area contributed by atoms with E-state index in [4.69, 9.17) is 22.7 Å². The van der Waals surface area contributed by atoms with Crippen molar-refractivity contribution in [3.63, 3.8) is 0 Å². The van der Waals surface area contributed by atoms with Gasteiger partial charge >= 0.3 is 0 Å². The van der Waals surface area contributed by atoms with Crippen LogP contribution < -0.4 is 10.5 Å². The molecular weight excluding hydrogens is 288 g/mol. The fourth-order valence-corrected chi connectivity index (χ4v) is 2.55. The number of carbonyl (C=O) groups excluding carboxylic acids is 1. The highest BCUT2D eigenvalue weighted by molar-refractivity contribution is 7.80. The Balaban J connectivity index is 1.85. The number of thiocarbonyl (C=S) groups is 1. The third-order valence-corrected chi connectivity index (χ3v) is 3.89. The zero-order chi connectivity index (χ0) is 15.4. The predicted octanol–water partition coefficient (Wildman–Crippen LogP) is 0.929. The van der Waals surface area contributed by atoms with Crippen LogP contribution in [0.3, 0.4) is 0 Å². The fourth-order valence-electron chi connectivity index (χ4n) is 2.38. The van der Waals surface area contributed by atoms with Gasteiger partial charge in [-0.25, -0.2) is 0 Å². The zero-order valence-corrected chi connectivity index (χ0v) is 12.8. The Morgan fingerprint density at radius 1 is 1.48 bits per heavy atom. The van der Waals surface area contributed by atoms with E-state index in [1.807, 2.05) is 6.07 Å². The second-order valence-electron chi connectivity index (χ2n) is 5.41. The summed E-state index contributed by atoms with van der Waals surface area (Å²) in [7, 11) is 1.75. The largest absolute Gasteiger partial charge is 0.483 e. The lowest BCUT2D eigenvalue weighted by Gasteiger charge is -2.34. The molecule has 1 aromatic carbocycles. The molecule has 0 saturated heterocycles. The maximum Gasteiger partial charge on any atom is 0.260 e. The van der Waals surface area contributed by atoms with Gasteiger partial charge in [0.05, 0.1) is 11.7 Å². The third-order valence-electron chi connectivity index (χ3n) is 3.67. The molecule has 21 heavy (non-hydrogen) atoms. The molecule has 1 aliphatic carbocycles. The van der Waals surface area contributed by atoms with Crippen molar-refractivity contribution in [2.24, 2.45) is 11.7 Å². The Hall–Kier alpha value is -1.66. The Morgan fingerprint density at radius 2 is 2.14 bits per heavy atom. The summed E-state index contributed by atoms with van der Waals surface area (Å²) in [5.74, 6) is 0.804. The number of nitrogens with two attached hydrogens (primary N) is 1. The van der Waals surface area contributed by atoms with Crippen LogP contribution in [0.15, 0.2) is 24.3 Å². The van der Waals surface area contributed by atoms with Gasteiger partial charge in [0.1, 0.15) is 10.7 Å². The van der Waals surface area contributed by atoms with Crippen LogP contribution in [-0.2, 0) is 4.79 Å². The number of hydrogen-bond acceptors (Lipinski definition) is 4. The lowest BCUT2D eigenvalue weighted by Crippen LogP contribution is -2.41. The molecule has 6 heteroatoms. The van der Waals surface area contributed by atoms with Crippen LogP contribution in [0.25, 0.3) is 0 Å². The molecule has 1 aliphatic rings. The van der Waals surface area contributed by atoms with Crippen LogP contribution in [0.1, 0.15) is 18.4 Å². The monoisotopic (exact) mass is 308 g/mol. The first kappa shape index (κ1) is 15.7. The van der Waals surface area contributed by atoms with Gasteiger partial charge in [-0.1, -0.05) is 24.4 Å². The number of aliphatic hydroxyl groups excluding tert-OH is 1. The van der Waals surface area contributed by atoms with E-state index in [0.717, 1.165) is 12.8 Å². The van der Waals surface area contributed by atoms with Crippen molar-refractivity contribution in [2.45, 2.75) is 18.9 Å². The summed E-state index contributed by atoms with van der Waals surface area (Å²) in [5, 5.41) is 9.25. The molecule has 114 valence electrons. The number of para-hydroxylation sites is 1. The van der Waals surface area contributed by atoms with E-state index in [2.05, 4.69) is 0 Å². The van der Waals surface area contributed by atoms with Gasteiger partial charge in [0.25, 0.3) is 5.91 Å². The maximum atomic E-state index is 12.0. The molecule has 1 aromatic rings. The quantitative estimate of drug-likeness (QED) is 0.765. The van der Waals surface area contributed by atoms with Crippen LogP contribution in [0.5, 0.6) is 5.75 Å². The van der Waals surface area contributed by atoms with Gasteiger partial charge in [0.2, 0.25) is 0 Å². The van der Waals surface area contributed by atoms with Crippen molar-refractivity contribution in [2.75, 3.05) is 20.2 Å². The third kappa shape index (κ3) is 4.15. The molecule has 1 fully saturated rings. The molecule has 3 N–H and O–H groups in total. The highest BCUT2D eigenvalue weighted by Crippen LogP contribution is 2.27. The van der Waals surface area contributed by atoms with E-state index in [9.17, 15) is 9.90 Å². The summed E-state index contributed by atoms with van der Waals surface area (Å²) in [4.78, 5) is 13.9. The minimum atomic E-state index is -0.202. The number of rotatable bonds is 6. The van der Waals surface area contributed by atoms with E-state index in [1.165, 1.54) is 0 Å². The van der Waals surface area contributed by atoms with E-state index in [-0.39, 0.29) is 23.6 Å². The Labute approximate surface area is 129 Å². The molecule has 0 aliphatic heterocycles. The standard InChI is InChI=1S/C15H20N2O3S/c1-17(8-10-6-11(18)7-10)14(19)9-20-13-5-3-2-4-12(13)15(16)21/h2-5,10-11,18H,6-9H2,1H3,(H2,16,21). The SMILES string of the molecule is CN(CC1CC(O)C1)C(=O)COc1ccccc1C(N)=S. The van der Waals surface area contributed by atoms with Gasteiger partial charge in [-0.3, -0.25) is 4.79 Å². The summed E-state index contributed by atoms with van der Waals surface area (Å²) in [6.07, 6.45) is 1.33. The van der Waals surface area contributed by atoms with E-state index >= 15 is 0 Å². The number of likely N-dealkylation sites (N-methyl/N-ethyl adjacent to an activating group) is 1. The molecule has 0 unspecified atom stereocenters. The predicted molar refractivity (Wildman–Crippen MR) is 84.2 cm³/mol. The molecule has 5 nitrogen and oxygen atoms in total. The van der Waals surface area contributed by atoms with Crippen molar-refractivity contribution in [3.8, 4) is 5.75 Å². The highest BCUT2D eigenvalue weighted by Gasteiger charge is 2.29. The first-order valence-corrected chi connectivity index (χ1v) is 7.32. The first-order valence-electron chi connectivity index (χ1n) is 6.91. The van der Waals surface area contributed by atoms with E-state index in [1.54, 1.807) is 30.1 Å². The van der Waals surface area contributed by atoms with Crippen molar-refractivity contribution in [1.82, 2.24) is 4.90 Å². The van der Waals surface area contributed by atoms with Gasteiger partial charge in [-0.15, -0.1) is 0 Å². The average Bonchev–Trinajstić information content (AvgIpc) is 2.43. The molecular formula is C15H20N2O3S. The zero-order valence-electron chi connectivity index (χ0n) is 12.0. The Bertz CT molecular complexity index is 529. The molecule has 0 heterocycles. The number of carbonyl (C=O) groups is 1. The van der Waals surface area contributed by atoms with Gasteiger partial charge < -0.3 is 20.5 Å². The van der Waals surface area contributed by atoms with Gasteiger partial charge in [-0.2, -0.15) is 0 Å². The normalized spacial score (nSPS) is 20.5. The fraction of sp³-hybridized carbons (Fsp3) is 0.467. The summed E-state index contributed by atoms with van der Waals surface area (Å²) in [6.45, 7) is 0.599. The van der Waals surface area contributed by atoms with Gasteiger partial charge in [-0.05, 0) is 30.9 Å². The Morgan fingerprint density at radius 3 is 2.76 bits per heavy atom. The van der Waals surface area contributed by atoms with Crippen LogP contribution in [0.2, 0.25) is 0 Å². The van der Waals surface area contributed by atoms with Crippen molar-refractivity contribution in [1.29, 1.82) is 0 Å². The second kappa shape index (κ2) is 6.87. The summed E-state index contributed by atoms with van der Waals surface area (Å²) >= 11 is 4.95. The van der Waals surface area contributed by atoms with Gasteiger partial charge in [0, 0.05) is 13.6 Å². The van der Waals surface area contributed by atoms with E-state index in [0.29, 0.717) is 23.8 Å². The second-order valence-corrected chi connectivity index (χ2v) is 5.85. The summed E-state index contributed by atoms with van der Waals surface area (Å²) < 4.78 is 5.53. The van der Waals surface area contributed by atoms with Crippen LogP contribution in [0.4, 0.5) is 0 Å². The molecule has 0 aromatic heterocycles. The number of hydrogen-bond donors (Lipinski definition) is 2. The van der Waals surface area contributed by atoms with Crippen LogP contribution in [-0.4, -0.2) is 47.2 Å². The molecule has 1 amide bonds. The average molecular weight is 308 g/mol. The number of benzene rings is 1. The van der Waals surface area contributed by atoms with E-state index < -0.39 is 0 Å². The summed E-state index contributed by atoms with van der Waals surface area (Å²) in [6, 6.07) is 7.13. The van der Waals surface area contributed by atoms with Crippen LogP contribution >= 0.6 is 12.2 Å². The smallest absolute Gasteiger partial charge is 0.260 e. The number of amides is 1. The summed E-state index contributed by atoms with van der Waals surface area (Å²) in [5.41, 5.74) is 6.25. The molecule has 0 radical (unpaired) electrons.